The van der Waals surface area contributed by atoms with Gasteiger partial charge in [0.2, 0.25) is 0 Å². The van der Waals surface area contributed by atoms with Crippen molar-refractivity contribution in [3.05, 3.63) is 70.5 Å². The molecular weight excluding hydrogens is 263 g/mol. The van der Waals surface area contributed by atoms with E-state index in [2.05, 4.69) is 0 Å². The predicted molar refractivity (Wildman–Crippen MR) is 75.8 cm³/mol. The fourth-order valence-corrected chi connectivity index (χ4v) is 2.37. The lowest BCUT2D eigenvalue weighted by molar-refractivity contribution is 0.225. The van der Waals surface area contributed by atoms with Crippen LogP contribution in [-0.2, 0) is 12.8 Å². The van der Waals surface area contributed by atoms with Gasteiger partial charge in [-0.15, -0.1) is 0 Å². The molecule has 2 aromatic carbocycles. The largest absolute Gasteiger partial charge is 0.396 e. The molecule has 0 aliphatic carbocycles. The lowest BCUT2D eigenvalue weighted by Gasteiger charge is -2.14. The number of benzene rings is 2. The van der Waals surface area contributed by atoms with Crippen LogP contribution in [0.15, 0.2) is 48.5 Å². The van der Waals surface area contributed by atoms with Crippen LogP contribution < -0.4 is 0 Å². The Balaban J connectivity index is 2.02. The molecule has 0 amide bonds. The molecule has 0 fully saturated rings. The first-order chi connectivity index (χ1) is 9.17. The molecule has 0 aromatic heterocycles. The first kappa shape index (κ1) is 14.0. The third kappa shape index (κ3) is 4.34. The summed E-state index contributed by atoms with van der Waals surface area (Å²) in [7, 11) is 0. The highest BCUT2D eigenvalue weighted by Crippen LogP contribution is 2.17. The van der Waals surface area contributed by atoms with E-state index in [0.29, 0.717) is 5.02 Å². The van der Waals surface area contributed by atoms with Gasteiger partial charge >= 0.3 is 0 Å². The number of hydrogen-bond acceptors (Lipinski definition) is 1. The maximum absolute atomic E-state index is 12.8. The average Bonchev–Trinajstić information content (AvgIpc) is 2.40. The quantitative estimate of drug-likeness (QED) is 0.880. The van der Waals surface area contributed by atoms with Crippen LogP contribution in [0, 0.1) is 11.7 Å². The van der Waals surface area contributed by atoms with Crippen molar-refractivity contribution in [3.63, 3.8) is 0 Å². The molecule has 100 valence electrons. The van der Waals surface area contributed by atoms with E-state index in [-0.39, 0.29) is 18.3 Å². The second-order valence-corrected chi connectivity index (χ2v) is 5.15. The average molecular weight is 279 g/mol. The molecule has 2 aromatic rings. The van der Waals surface area contributed by atoms with E-state index < -0.39 is 0 Å². The van der Waals surface area contributed by atoms with Crippen molar-refractivity contribution in [1.82, 2.24) is 0 Å². The number of hydrogen-bond donors (Lipinski definition) is 1. The summed E-state index contributed by atoms with van der Waals surface area (Å²) in [6.45, 7) is 0.101. The molecule has 0 saturated heterocycles. The third-order valence-corrected chi connectivity index (χ3v) is 3.34. The van der Waals surface area contributed by atoms with Crippen molar-refractivity contribution in [2.24, 2.45) is 5.92 Å². The van der Waals surface area contributed by atoms with Crippen LogP contribution >= 0.6 is 11.6 Å². The van der Waals surface area contributed by atoms with Crippen molar-refractivity contribution in [2.75, 3.05) is 6.61 Å². The molecule has 0 bridgehead atoms. The van der Waals surface area contributed by atoms with Gasteiger partial charge in [-0.05, 0) is 54.2 Å². The Morgan fingerprint density at radius 3 is 2.32 bits per heavy atom. The van der Waals surface area contributed by atoms with Gasteiger partial charge in [0.25, 0.3) is 0 Å². The van der Waals surface area contributed by atoms with Gasteiger partial charge < -0.3 is 5.11 Å². The summed E-state index contributed by atoms with van der Waals surface area (Å²) in [5, 5.41) is 10.2. The number of halogens is 2. The molecule has 1 unspecified atom stereocenters. The molecule has 1 nitrogen and oxygen atoms in total. The van der Waals surface area contributed by atoms with E-state index in [0.717, 1.165) is 24.0 Å². The van der Waals surface area contributed by atoms with E-state index in [4.69, 9.17) is 11.6 Å². The summed E-state index contributed by atoms with van der Waals surface area (Å²) in [6, 6.07) is 14.1. The highest BCUT2D eigenvalue weighted by Gasteiger charge is 2.10. The van der Waals surface area contributed by atoms with Crippen LogP contribution in [0.3, 0.4) is 0 Å². The zero-order valence-corrected chi connectivity index (χ0v) is 11.3. The lowest BCUT2D eigenvalue weighted by Crippen LogP contribution is -2.13. The van der Waals surface area contributed by atoms with Gasteiger partial charge in [-0.25, -0.2) is 4.39 Å². The van der Waals surface area contributed by atoms with Gasteiger partial charge in [0, 0.05) is 11.6 Å². The van der Waals surface area contributed by atoms with Gasteiger partial charge in [0.05, 0.1) is 0 Å². The fourth-order valence-electron chi connectivity index (χ4n) is 2.15. The Hall–Kier alpha value is -1.38. The summed E-state index contributed by atoms with van der Waals surface area (Å²) in [5.41, 5.74) is 2.14. The molecule has 1 atom stereocenters. The molecule has 3 heteroatoms. The summed E-state index contributed by atoms with van der Waals surface area (Å²) in [4.78, 5) is 0. The number of aliphatic hydroxyl groups is 1. The topological polar surface area (TPSA) is 20.2 Å². The first-order valence-electron chi connectivity index (χ1n) is 6.27. The van der Waals surface area contributed by atoms with Gasteiger partial charge in [0.1, 0.15) is 5.82 Å². The minimum absolute atomic E-state index is 0.101. The normalized spacial score (nSPS) is 12.4. The molecule has 0 heterocycles. The van der Waals surface area contributed by atoms with Crippen LogP contribution in [0.4, 0.5) is 4.39 Å². The zero-order valence-electron chi connectivity index (χ0n) is 10.5. The molecule has 2 rings (SSSR count). The maximum atomic E-state index is 12.8. The Morgan fingerprint density at radius 1 is 1.00 bits per heavy atom. The Labute approximate surface area is 117 Å². The summed E-state index contributed by atoms with van der Waals surface area (Å²) >= 11 is 5.94. The molecule has 0 radical (unpaired) electrons. The first-order valence-corrected chi connectivity index (χ1v) is 6.65. The van der Waals surface area contributed by atoms with Crippen LogP contribution in [-0.4, -0.2) is 11.7 Å². The van der Waals surface area contributed by atoms with Gasteiger partial charge in [0.15, 0.2) is 0 Å². The molecule has 0 saturated carbocycles. The minimum atomic E-state index is -0.237. The van der Waals surface area contributed by atoms with Gasteiger partial charge in [-0.3, -0.25) is 0 Å². The van der Waals surface area contributed by atoms with Crippen LogP contribution in [0.25, 0.3) is 0 Å². The molecule has 0 aliphatic rings. The summed E-state index contributed by atoms with van der Waals surface area (Å²) in [6.07, 6.45) is 1.48. The van der Waals surface area contributed by atoms with Gasteiger partial charge in [-0.2, -0.15) is 0 Å². The molecule has 1 N–H and O–H groups in total. The minimum Gasteiger partial charge on any atom is -0.396 e. The second-order valence-electron chi connectivity index (χ2n) is 4.71. The second kappa shape index (κ2) is 6.69. The molecule has 0 aliphatic heterocycles. The van der Waals surface area contributed by atoms with Crippen LogP contribution in [0.2, 0.25) is 5.02 Å². The third-order valence-electron chi connectivity index (χ3n) is 3.11. The highest BCUT2D eigenvalue weighted by molar-refractivity contribution is 6.30. The maximum Gasteiger partial charge on any atom is 0.123 e. The van der Waals surface area contributed by atoms with Crippen molar-refractivity contribution in [3.8, 4) is 0 Å². The standard InChI is InChI=1S/C16H16ClFO/c17-15-3-1-2-13(10-15)9-14(11-19)8-12-4-6-16(18)7-5-12/h1-7,10,14,19H,8-9,11H2. The molecule has 0 spiro atoms. The van der Waals surface area contributed by atoms with Crippen molar-refractivity contribution in [1.29, 1.82) is 0 Å². The van der Waals surface area contributed by atoms with Crippen LogP contribution in [0.1, 0.15) is 11.1 Å². The Bertz CT molecular complexity index is 525. The Morgan fingerprint density at radius 2 is 1.68 bits per heavy atom. The van der Waals surface area contributed by atoms with E-state index in [1.54, 1.807) is 12.1 Å². The van der Waals surface area contributed by atoms with E-state index >= 15 is 0 Å². The van der Waals surface area contributed by atoms with Gasteiger partial charge in [-0.1, -0.05) is 35.9 Å². The van der Waals surface area contributed by atoms with Crippen molar-refractivity contribution < 1.29 is 9.50 Å². The number of aliphatic hydroxyl groups excluding tert-OH is 1. The monoisotopic (exact) mass is 278 g/mol. The molecule has 19 heavy (non-hydrogen) atoms. The predicted octanol–water partition coefficient (Wildman–Crippen LogP) is 3.87. The lowest BCUT2D eigenvalue weighted by atomic mass is 9.93. The fraction of sp³-hybridized carbons (Fsp3) is 0.250. The van der Waals surface area contributed by atoms with Crippen LogP contribution in [0.5, 0.6) is 0 Å². The summed E-state index contributed by atoms with van der Waals surface area (Å²) in [5.74, 6) is -0.122. The summed E-state index contributed by atoms with van der Waals surface area (Å²) < 4.78 is 12.8. The SMILES string of the molecule is OCC(Cc1ccc(F)cc1)Cc1cccc(Cl)c1. The smallest absolute Gasteiger partial charge is 0.123 e. The van der Waals surface area contributed by atoms with Crippen molar-refractivity contribution >= 4 is 11.6 Å². The van der Waals surface area contributed by atoms with E-state index in [1.165, 1.54) is 12.1 Å². The highest BCUT2D eigenvalue weighted by atomic mass is 35.5. The molecular formula is C16H16ClFO. The Kier molecular flexibility index (Phi) is 4.94. The van der Waals surface area contributed by atoms with E-state index in [9.17, 15) is 9.50 Å². The van der Waals surface area contributed by atoms with E-state index in [1.807, 2.05) is 24.3 Å². The number of rotatable bonds is 5. The van der Waals surface area contributed by atoms with Crippen molar-refractivity contribution in [2.45, 2.75) is 12.8 Å². The zero-order chi connectivity index (χ0) is 13.7.